The summed E-state index contributed by atoms with van der Waals surface area (Å²) in [5.41, 5.74) is 9.62. The minimum absolute atomic E-state index is 0.170. The zero-order valence-electron chi connectivity index (χ0n) is 20.2. The molecule has 1 aliphatic carbocycles. The summed E-state index contributed by atoms with van der Waals surface area (Å²) in [6.45, 7) is 7.62. The van der Waals surface area contributed by atoms with Crippen molar-refractivity contribution in [2.75, 3.05) is 17.7 Å². The number of nitrogens with one attached hydrogen (secondary N) is 1. The highest BCUT2D eigenvalue weighted by atomic mass is 35.5. The van der Waals surface area contributed by atoms with Crippen molar-refractivity contribution < 1.29 is 19.1 Å². The van der Waals surface area contributed by atoms with Gasteiger partial charge in [0.25, 0.3) is 0 Å². The van der Waals surface area contributed by atoms with E-state index in [0.717, 1.165) is 40.0 Å². The van der Waals surface area contributed by atoms with Crippen LogP contribution in [0.25, 0.3) is 21.6 Å². The van der Waals surface area contributed by atoms with Crippen LogP contribution in [-0.4, -0.2) is 24.3 Å². The van der Waals surface area contributed by atoms with Crippen LogP contribution in [0.5, 0.6) is 0 Å². The Kier molecular flexibility index (Phi) is 6.84. The van der Waals surface area contributed by atoms with Gasteiger partial charge in [-0.25, -0.2) is 4.79 Å². The molecule has 1 aromatic heterocycles. The zero-order valence-corrected chi connectivity index (χ0v) is 21.8. The summed E-state index contributed by atoms with van der Waals surface area (Å²) in [5, 5.41) is 2.89. The molecule has 0 atom stereocenters. The molecule has 0 spiro atoms. The molecule has 3 N–H and O–H groups in total. The molecule has 184 valence electrons. The first-order valence-electron chi connectivity index (χ1n) is 11.5. The zero-order chi connectivity index (χ0) is 25.4. The van der Waals surface area contributed by atoms with Crippen molar-refractivity contribution in [3.05, 3.63) is 58.4 Å². The van der Waals surface area contributed by atoms with Crippen LogP contribution in [0, 0.1) is 0 Å². The van der Waals surface area contributed by atoms with E-state index in [4.69, 9.17) is 26.8 Å². The van der Waals surface area contributed by atoms with E-state index in [2.05, 4.69) is 5.32 Å². The number of benzene rings is 2. The molecule has 0 saturated heterocycles. The Hall–Kier alpha value is -3.03. The summed E-state index contributed by atoms with van der Waals surface area (Å²) in [7, 11) is 0. The Morgan fingerprint density at radius 3 is 2.29 bits per heavy atom. The van der Waals surface area contributed by atoms with Gasteiger partial charge >= 0.3 is 12.1 Å². The van der Waals surface area contributed by atoms with E-state index >= 15 is 0 Å². The Labute approximate surface area is 214 Å². The van der Waals surface area contributed by atoms with E-state index in [0.29, 0.717) is 22.3 Å². The Morgan fingerprint density at radius 2 is 1.74 bits per heavy atom. The number of anilines is 2. The Bertz CT molecular complexity index is 1260. The van der Waals surface area contributed by atoms with Crippen LogP contribution in [0.1, 0.15) is 46.1 Å². The maximum absolute atomic E-state index is 12.6. The summed E-state index contributed by atoms with van der Waals surface area (Å²) in [5.74, 6) is -0.170. The summed E-state index contributed by atoms with van der Waals surface area (Å²) in [6.07, 6.45) is 1.02. The number of carbonyl (C=O) groups excluding carboxylic acids is 2. The second-order valence-corrected chi connectivity index (χ2v) is 11.3. The number of carbonyl (C=O) groups is 2. The first kappa shape index (κ1) is 25.1. The molecule has 8 heteroatoms. The van der Waals surface area contributed by atoms with Gasteiger partial charge in [0.2, 0.25) is 0 Å². The van der Waals surface area contributed by atoms with Crippen molar-refractivity contribution in [2.45, 2.75) is 51.6 Å². The molecule has 6 nitrogen and oxygen atoms in total. The molecule has 3 aromatic rings. The largest absolute Gasteiger partial charge is 0.465 e. The van der Waals surface area contributed by atoms with Gasteiger partial charge in [0.15, 0.2) is 0 Å². The number of hydrogen-bond acceptors (Lipinski definition) is 6. The van der Waals surface area contributed by atoms with Crippen LogP contribution in [-0.2, 0) is 19.7 Å². The lowest BCUT2D eigenvalue weighted by Gasteiger charge is -2.21. The summed E-state index contributed by atoms with van der Waals surface area (Å²) >= 11 is 7.53. The molecule has 2 aromatic carbocycles. The van der Waals surface area contributed by atoms with E-state index in [1.54, 1.807) is 6.07 Å². The molecule has 1 fully saturated rings. The molecule has 0 radical (unpaired) electrons. The smallest absolute Gasteiger partial charge is 0.412 e. The Balaban J connectivity index is 1.70. The maximum atomic E-state index is 12.6. The average molecular weight is 513 g/mol. The predicted octanol–water partition coefficient (Wildman–Crippen LogP) is 7.26. The van der Waals surface area contributed by atoms with E-state index in [-0.39, 0.29) is 5.97 Å². The van der Waals surface area contributed by atoms with Gasteiger partial charge in [0, 0.05) is 5.56 Å². The van der Waals surface area contributed by atoms with Crippen molar-refractivity contribution in [3.8, 4) is 21.6 Å². The molecule has 1 heterocycles. The normalized spacial score (nSPS) is 14.3. The van der Waals surface area contributed by atoms with Crippen molar-refractivity contribution in [2.24, 2.45) is 0 Å². The van der Waals surface area contributed by atoms with E-state index < -0.39 is 17.1 Å². The fraction of sp³-hybridized carbons (Fsp3) is 0.333. The van der Waals surface area contributed by atoms with E-state index in [9.17, 15) is 9.59 Å². The lowest BCUT2D eigenvalue weighted by Crippen LogP contribution is -2.27. The lowest BCUT2D eigenvalue weighted by atomic mass is 9.93. The molecule has 1 aliphatic rings. The summed E-state index contributed by atoms with van der Waals surface area (Å²) in [4.78, 5) is 25.9. The molecule has 1 amide bonds. The van der Waals surface area contributed by atoms with Gasteiger partial charge in [-0.1, -0.05) is 48.0 Å². The molecule has 0 aliphatic heterocycles. The average Bonchev–Trinajstić information content (AvgIpc) is 3.52. The summed E-state index contributed by atoms with van der Waals surface area (Å²) < 4.78 is 11.4. The highest BCUT2D eigenvalue weighted by Gasteiger charge is 2.52. The standard InChI is InChI=1S/C27H29ClN2O4S/c1-5-33-24(31)27(12-13-27)18-9-6-16(7-10-18)19-11-8-17(23-20(29)15-22(28)35-23)14-21(19)30-25(32)34-26(2,3)4/h6-11,14-15H,5,12-13,29H2,1-4H3,(H,30,32). The van der Waals surface area contributed by atoms with Gasteiger partial charge < -0.3 is 15.2 Å². The number of halogens is 1. The van der Waals surface area contributed by atoms with Gasteiger partial charge in [-0.15, -0.1) is 11.3 Å². The number of nitrogens with two attached hydrogens (primary N) is 1. The molecule has 1 saturated carbocycles. The molecule has 0 bridgehead atoms. The first-order valence-corrected chi connectivity index (χ1v) is 12.7. The number of ether oxygens (including phenoxy) is 2. The number of hydrogen-bond donors (Lipinski definition) is 2. The maximum Gasteiger partial charge on any atom is 0.412 e. The van der Waals surface area contributed by atoms with Crippen molar-refractivity contribution in [1.29, 1.82) is 0 Å². The molecule has 4 rings (SSSR count). The molecular weight excluding hydrogens is 484 g/mol. The first-order chi connectivity index (χ1) is 16.5. The van der Waals surface area contributed by atoms with Crippen LogP contribution in [0.15, 0.2) is 48.5 Å². The van der Waals surface area contributed by atoms with Gasteiger partial charge in [-0.05, 0) is 69.4 Å². The third kappa shape index (κ3) is 5.46. The highest BCUT2D eigenvalue weighted by molar-refractivity contribution is 7.20. The number of amides is 1. The van der Waals surface area contributed by atoms with Gasteiger partial charge in [0.1, 0.15) is 5.60 Å². The van der Waals surface area contributed by atoms with Gasteiger partial charge in [-0.2, -0.15) is 0 Å². The minimum atomic E-state index is -0.638. The van der Waals surface area contributed by atoms with Crippen LogP contribution in [0.2, 0.25) is 4.34 Å². The van der Waals surface area contributed by atoms with Crippen molar-refractivity contribution in [1.82, 2.24) is 0 Å². The second-order valence-electron chi connectivity index (χ2n) is 9.60. The summed E-state index contributed by atoms with van der Waals surface area (Å²) in [6, 6.07) is 15.3. The van der Waals surface area contributed by atoms with Crippen LogP contribution in [0.3, 0.4) is 0 Å². The van der Waals surface area contributed by atoms with Crippen LogP contribution in [0.4, 0.5) is 16.2 Å². The van der Waals surface area contributed by atoms with Gasteiger partial charge in [0.05, 0.1) is 32.6 Å². The van der Waals surface area contributed by atoms with E-state index in [1.807, 2.05) is 70.2 Å². The fourth-order valence-electron chi connectivity index (χ4n) is 4.03. The lowest BCUT2D eigenvalue weighted by molar-refractivity contribution is -0.146. The molecular formula is C27H29ClN2O4S. The number of esters is 1. The van der Waals surface area contributed by atoms with Crippen LogP contribution < -0.4 is 11.1 Å². The third-order valence-electron chi connectivity index (χ3n) is 5.81. The topological polar surface area (TPSA) is 90.6 Å². The SMILES string of the molecule is CCOC(=O)C1(c2ccc(-c3ccc(-c4sc(Cl)cc4N)cc3NC(=O)OC(C)(C)C)cc2)CC1. The van der Waals surface area contributed by atoms with Gasteiger partial charge in [-0.3, -0.25) is 10.1 Å². The van der Waals surface area contributed by atoms with E-state index in [1.165, 1.54) is 11.3 Å². The second kappa shape index (κ2) is 9.55. The fourth-order valence-corrected chi connectivity index (χ4v) is 5.18. The third-order valence-corrected chi connectivity index (χ3v) is 7.14. The number of nitrogen functional groups attached to an aromatic ring is 1. The highest BCUT2D eigenvalue weighted by Crippen LogP contribution is 2.49. The van der Waals surface area contributed by atoms with Crippen LogP contribution >= 0.6 is 22.9 Å². The van der Waals surface area contributed by atoms with Crippen molar-refractivity contribution >= 4 is 46.4 Å². The molecule has 35 heavy (non-hydrogen) atoms. The van der Waals surface area contributed by atoms with Crippen molar-refractivity contribution in [3.63, 3.8) is 0 Å². The predicted molar refractivity (Wildman–Crippen MR) is 142 cm³/mol. The number of thiophene rings is 1. The Morgan fingerprint density at radius 1 is 1.09 bits per heavy atom. The quantitative estimate of drug-likeness (QED) is 0.339. The molecule has 0 unspecified atom stereocenters. The minimum Gasteiger partial charge on any atom is -0.465 e. The number of rotatable bonds is 6. The monoisotopic (exact) mass is 512 g/mol.